The lowest BCUT2D eigenvalue weighted by atomic mass is 10.2. The molecule has 0 atom stereocenters. The third-order valence-electron chi connectivity index (χ3n) is 5.99. The van der Waals surface area contributed by atoms with Crippen LogP contribution in [0.1, 0.15) is 22.5 Å². The standard InChI is InChI=1S/C30H22BrCl2N3O5S/c1-39-27-11-18(4-9-26(27)41-17-19-5-7-22(32)14-24(19)33)15-34-35-30-36(16-23-3-2-10-40-23)29(38)28(42-30)13-20-12-21(31)6-8-25(20)37/h2-15,37H,16-17H2,1H3/b28-13-,34-15-,35-30+. The van der Waals surface area contributed by atoms with Crippen LogP contribution in [0, 0.1) is 0 Å². The van der Waals surface area contributed by atoms with E-state index in [1.807, 2.05) is 0 Å². The van der Waals surface area contributed by atoms with Gasteiger partial charge in [0.25, 0.3) is 5.91 Å². The maximum Gasteiger partial charge on any atom is 0.267 e. The first-order chi connectivity index (χ1) is 20.3. The number of phenols is 1. The minimum atomic E-state index is -0.284. The smallest absolute Gasteiger partial charge is 0.267 e. The van der Waals surface area contributed by atoms with Gasteiger partial charge in [0.2, 0.25) is 0 Å². The SMILES string of the molecule is COc1cc(/C=N\N=C2\S/C(=C\c3cc(Br)ccc3O)C(=O)N2Cc2ccco2)ccc1OCc1ccc(Cl)cc1Cl. The van der Waals surface area contributed by atoms with Crippen LogP contribution in [0.2, 0.25) is 10.0 Å². The van der Waals surface area contributed by atoms with Gasteiger partial charge in [0.15, 0.2) is 16.7 Å². The molecular formula is C30H22BrCl2N3O5S. The zero-order valence-corrected chi connectivity index (χ0v) is 25.9. The fraction of sp³-hybridized carbons (Fsp3) is 0.100. The molecule has 1 aliphatic rings. The van der Waals surface area contributed by atoms with Crippen LogP contribution >= 0.6 is 50.9 Å². The number of hydrogen-bond acceptors (Lipinski definition) is 8. The van der Waals surface area contributed by atoms with E-state index in [9.17, 15) is 9.90 Å². The molecule has 1 aliphatic heterocycles. The molecule has 0 saturated carbocycles. The van der Waals surface area contributed by atoms with Crippen LogP contribution in [0.4, 0.5) is 0 Å². The highest BCUT2D eigenvalue weighted by Gasteiger charge is 2.34. The lowest BCUT2D eigenvalue weighted by Gasteiger charge is -2.13. The first-order valence-electron chi connectivity index (χ1n) is 12.4. The van der Waals surface area contributed by atoms with Crippen LogP contribution in [0.5, 0.6) is 17.2 Å². The van der Waals surface area contributed by atoms with Gasteiger partial charge in [-0.3, -0.25) is 9.69 Å². The number of methoxy groups -OCH3 is 1. The molecule has 5 rings (SSSR count). The number of hydrogen-bond donors (Lipinski definition) is 1. The van der Waals surface area contributed by atoms with Gasteiger partial charge in [0.05, 0.1) is 31.0 Å². The first kappa shape index (κ1) is 29.8. The van der Waals surface area contributed by atoms with E-state index in [1.165, 1.54) is 4.90 Å². The largest absolute Gasteiger partial charge is 0.507 e. The molecule has 1 saturated heterocycles. The summed E-state index contributed by atoms with van der Waals surface area (Å²) in [6.45, 7) is 0.407. The molecule has 4 aromatic rings. The molecule has 0 aliphatic carbocycles. The summed E-state index contributed by atoms with van der Waals surface area (Å²) in [5.41, 5.74) is 1.99. The summed E-state index contributed by atoms with van der Waals surface area (Å²) >= 11 is 16.8. The average Bonchev–Trinajstić information content (AvgIpc) is 3.59. The third-order valence-corrected chi connectivity index (χ3v) is 8.07. The van der Waals surface area contributed by atoms with Crippen LogP contribution in [0.25, 0.3) is 6.08 Å². The number of halogens is 3. The predicted octanol–water partition coefficient (Wildman–Crippen LogP) is 8.15. The second-order valence-corrected chi connectivity index (χ2v) is 11.6. The van der Waals surface area contributed by atoms with Crippen molar-refractivity contribution in [2.24, 2.45) is 10.2 Å². The van der Waals surface area contributed by atoms with E-state index in [2.05, 4.69) is 26.1 Å². The van der Waals surface area contributed by atoms with E-state index >= 15 is 0 Å². The summed E-state index contributed by atoms with van der Waals surface area (Å²) < 4.78 is 17.6. The lowest BCUT2D eigenvalue weighted by molar-refractivity contribution is -0.122. The van der Waals surface area contributed by atoms with Crippen molar-refractivity contribution in [3.05, 3.63) is 115 Å². The van der Waals surface area contributed by atoms with Crippen molar-refractivity contribution < 1.29 is 23.8 Å². The molecule has 0 spiro atoms. The van der Waals surface area contributed by atoms with E-state index in [0.717, 1.165) is 21.8 Å². The molecule has 1 fully saturated rings. The van der Waals surface area contributed by atoms with Gasteiger partial charge in [-0.25, -0.2) is 0 Å². The number of carbonyl (C=O) groups is 1. The average molecular weight is 687 g/mol. The van der Waals surface area contributed by atoms with Crippen molar-refractivity contribution in [1.29, 1.82) is 0 Å². The number of ether oxygens (including phenoxy) is 2. The highest BCUT2D eigenvalue weighted by molar-refractivity contribution is 9.10. The van der Waals surface area contributed by atoms with Gasteiger partial charge >= 0.3 is 0 Å². The maximum atomic E-state index is 13.3. The summed E-state index contributed by atoms with van der Waals surface area (Å²) in [5, 5.41) is 20.3. The Hall–Kier alpha value is -3.70. The predicted molar refractivity (Wildman–Crippen MR) is 169 cm³/mol. The Balaban J connectivity index is 1.35. The van der Waals surface area contributed by atoms with E-state index in [1.54, 1.807) is 92.4 Å². The zero-order chi connectivity index (χ0) is 29.6. The molecule has 0 radical (unpaired) electrons. The van der Waals surface area contributed by atoms with Crippen molar-refractivity contribution in [2.75, 3.05) is 7.11 Å². The number of phenolic OH excluding ortho intramolecular Hbond substituents is 1. The van der Waals surface area contributed by atoms with E-state index < -0.39 is 0 Å². The number of amides is 1. The van der Waals surface area contributed by atoms with Crippen molar-refractivity contribution in [3.63, 3.8) is 0 Å². The summed E-state index contributed by atoms with van der Waals surface area (Å²) in [4.78, 5) is 15.2. The maximum absolute atomic E-state index is 13.3. The molecule has 8 nitrogen and oxygen atoms in total. The second-order valence-electron chi connectivity index (χ2n) is 8.85. The molecule has 0 bridgehead atoms. The van der Waals surface area contributed by atoms with Crippen LogP contribution < -0.4 is 9.47 Å². The van der Waals surface area contributed by atoms with Gasteiger partial charge in [0.1, 0.15) is 18.1 Å². The van der Waals surface area contributed by atoms with Crippen LogP contribution in [-0.4, -0.2) is 34.4 Å². The zero-order valence-electron chi connectivity index (χ0n) is 22.0. The van der Waals surface area contributed by atoms with Crippen LogP contribution in [0.15, 0.2) is 97.0 Å². The fourth-order valence-corrected chi connectivity index (χ4v) is 5.65. The third kappa shape index (κ3) is 7.19. The van der Waals surface area contributed by atoms with Crippen molar-refractivity contribution >= 4 is 74.3 Å². The summed E-state index contributed by atoms with van der Waals surface area (Å²) in [5.74, 6) is 1.39. The van der Waals surface area contributed by atoms with Crippen molar-refractivity contribution in [3.8, 4) is 17.2 Å². The number of carbonyl (C=O) groups excluding carboxylic acids is 1. The second kappa shape index (κ2) is 13.5. The van der Waals surface area contributed by atoms with Gasteiger partial charge in [-0.05, 0) is 84.1 Å². The van der Waals surface area contributed by atoms with Gasteiger partial charge in [-0.2, -0.15) is 5.10 Å². The quantitative estimate of drug-likeness (QED) is 0.108. The normalized spacial score (nSPS) is 15.3. The van der Waals surface area contributed by atoms with Gasteiger partial charge in [-0.15, -0.1) is 5.10 Å². The van der Waals surface area contributed by atoms with Gasteiger partial charge in [0, 0.05) is 25.6 Å². The lowest BCUT2D eigenvalue weighted by Crippen LogP contribution is -2.28. The monoisotopic (exact) mass is 685 g/mol. The van der Waals surface area contributed by atoms with Crippen LogP contribution in [-0.2, 0) is 17.9 Å². The van der Waals surface area contributed by atoms with E-state index in [-0.39, 0.29) is 24.8 Å². The molecule has 2 heterocycles. The van der Waals surface area contributed by atoms with E-state index in [0.29, 0.717) is 48.5 Å². The number of benzene rings is 3. The first-order valence-corrected chi connectivity index (χ1v) is 14.8. The molecule has 42 heavy (non-hydrogen) atoms. The number of furan rings is 1. The summed E-state index contributed by atoms with van der Waals surface area (Å²) in [6.07, 6.45) is 4.71. The van der Waals surface area contributed by atoms with Gasteiger partial charge in [-0.1, -0.05) is 45.2 Å². The molecule has 1 amide bonds. The van der Waals surface area contributed by atoms with Crippen molar-refractivity contribution in [2.45, 2.75) is 13.2 Å². The minimum absolute atomic E-state index is 0.0535. The number of rotatable bonds is 9. The summed E-state index contributed by atoms with van der Waals surface area (Å²) in [7, 11) is 1.54. The molecular weight excluding hydrogens is 665 g/mol. The van der Waals surface area contributed by atoms with Crippen LogP contribution in [0.3, 0.4) is 0 Å². The highest BCUT2D eigenvalue weighted by Crippen LogP contribution is 2.36. The highest BCUT2D eigenvalue weighted by atomic mass is 79.9. The molecule has 214 valence electrons. The summed E-state index contributed by atoms with van der Waals surface area (Å²) in [6, 6.07) is 19.1. The number of thioether (sulfide) groups is 1. The Morgan fingerprint density at radius 2 is 1.95 bits per heavy atom. The number of nitrogens with zero attached hydrogens (tertiary/aromatic N) is 3. The minimum Gasteiger partial charge on any atom is -0.507 e. The topological polar surface area (TPSA) is 96.9 Å². The Morgan fingerprint density at radius 1 is 1.10 bits per heavy atom. The van der Waals surface area contributed by atoms with Gasteiger partial charge < -0.3 is 19.0 Å². The molecule has 0 unspecified atom stereocenters. The number of aromatic hydroxyl groups is 1. The Bertz CT molecular complexity index is 1710. The number of amidine groups is 1. The molecule has 1 aromatic heterocycles. The van der Waals surface area contributed by atoms with Crippen molar-refractivity contribution in [1.82, 2.24) is 4.90 Å². The Kier molecular flexibility index (Phi) is 9.58. The van der Waals surface area contributed by atoms with E-state index in [4.69, 9.17) is 37.1 Å². The Labute approximate surface area is 264 Å². The Morgan fingerprint density at radius 3 is 2.71 bits per heavy atom. The molecule has 1 N–H and O–H groups in total. The molecule has 3 aromatic carbocycles. The molecule has 12 heteroatoms. The fourth-order valence-electron chi connectivity index (χ4n) is 3.89.